The largest absolute Gasteiger partial charge is 0.412 e. The van der Waals surface area contributed by atoms with Gasteiger partial charge in [-0.05, 0) is 0 Å². The molecular formula is H5AlBaOSr. The Morgan fingerprint density at radius 2 is 1.00 bits per heavy atom. The minimum Gasteiger partial charge on any atom is -0.412 e. The van der Waals surface area contributed by atoms with Crippen LogP contribution in [0.15, 0.2) is 0 Å². The Morgan fingerprint density at radius 3 is 1.00 bits per heavy atom. The Labute approximate surface area is 114 Å². The van der Waals surface area contributed by atoms with E-state index in [0.717, 1.165) is 0 Å². The molecule has 0 heterocycles. The maximum absolute atomic E-state index is 0. The molecule has 0 aromatic carbocycles. The zero-order valence-electron chi connectivity index (χ0n) is 1.91. The smallest absolute Gasteiger partial charge is 0.187 e. The van der Waals surface area contributed by atoms with Crippen molar-refractivity contribution in [1.82, 2.24) is 0 Å². The van der Waals surface area contributed by atoms with E-state index in [1.54, 1.807) is 0 Å². The maximum Gasteiger partial charge on any atom is 0.187 e. The fraction of sp³-hybridized carbons (Fsp3) is 0. The first-order chi connectivity index (χ1) is 0. The van der Waals surface area contributed by atoms with Crippen LogP contribution in [0, 0.1) is 0 Å². The number of hydrogen-bond acceptors (Lipinski definition) is 0. The first-order valence-electron chi connectivity index (χ1n) is 0. The molecule has 0 aliphatic rings. The third-order valence-corrected chi connectivity index (χ3v) is 0. The summed E-state index contributed by atoms with van der Waals surface area (Å²) < 4.78 is 0. The third kappa shape index (κ3) is 9.11. The SMILES string of the molecule is O.[AlH3].[Ba].[Sr]. The zero-order chi connectivity index (χ0) is 0. The Hall–Kier alpha value is 3.54. The van der Waals surface area contributed by atoms with Gasteiger partial charge in [-0.15, -0.1) is 0 Å². The summed E-state index contributed by atoms with van der Waals surface area (Å²) in [5.74, 6) is 0. The second-order valence-electron chi connectivity index (χ2n) is 0. The van der Waals surface area contributed by atoms with Crippen LogP contribution in [0.3, 0.4) is 0 Å². The van der Waals surface area contributed by atoms with Gasteiger partial charge in [0.15, 0.2) is 17.4 Å². The van der Waals surface area contributed by atoms with Gasteiger partial charge in [-0.3, -0.25) is 0 Å². The molecule has 0 unspecified atom stereocenters. The third-order valence-electron chi connectivity index (χ3n) is 0. The van der Waals surface area contributed by atoms with Gasteiger partial charge in [-0.1, -0.05) is 0 Å². The molecule has 18 valence electrons. The second-order valence-corrected chi connectivity index (χ2v) is 0. The first-order valence-corrected chi connectivity index (χ1v) is 0. The van der Waals surface area contributed by atoms with Gasteiger partial charge in [0.25, 0.3) is 0 Å². The van der Waals surface area contributed by atoms with E-state index in [9.17, 15) is 0 Å². The molecule has 0 fully saturated rings. The molecule has 0 aliphatic heterocycles. The molecule has 0 aromatic heterocycles. The van der Waals surface area contributed by atoms with Crippen LogP contribution >= 0.6 is 0 Å². The van der Waals surface area contributed by atoms with Crippen molar-refractivity contribution in [3.8, 4) is 0 Å². The van der Waals surface area contributed by atoms with E-state index in [1.165, 1.54) is 0 Å². The van der Waals surface area contributed by atoms with E-state index < -0.39 is 0 Å². The van der Waals surface area contributed by atoms with Gasteiger partial charge in [0.05, 0.1) is 0 Å². The Morgan fingerprint density at radius 1 is 1.00 bits per heavy atom. The van der Waals surface area contributed by atoms with Crippen molar-refractivity contribution in [2.24, 2.45) is 0 Å². The van der Waals surface area contributed by atoms with Crippen molar-refractivity contribution in [3.63, 3.8) is 0 Å². The van der Waals surface area contributed by atoms with Crippen molar-refractivity contribution in [1.29, 1.82) is 0 Å². The molecule has 2 N–H and O–H groups in total. The molecule has 0 bridgehead atoms. The molecule has 0 amide bonds. The molecular weight excluding hydrogens is 268 g/mol. The molecule has 4 radical (unpaired) electrons. The van der Waals surface area contributed by atoms with Crippen molar-refractivity contribution >= 4 is 112 Å². The van der Waals surface area contributed by atoms with Crippen LogP contribution in [0.25, 0.3) is 0 Å². The fourth-order valence-electron chi connectivity index (χ4n) is 0. The van der Waals surface area contributed by atoms with Crippen LogP contribution < -0.4 is 0 Å². The van der Waals surface area contributed by atoms with Crippen molar-refractivity contribution in [2.45, 2.75) is 0 Å². The van der Waals surface area contributed by atoms with E-state index in [2.05, 4.69) is 0 Å². The molecule has 0 saturated carbocycles. The summed E-state index contributed by atoms with van der Waals surface area (Å²) >= 11 is 0. The van der Waals surface area contributed by atoms with Gasteiger partial charge in [0.1, 0.15) is 0 Å². The van der Waals surface area contributed by atoms with Crippen LogP contribution in [0.1, 0.15) is 0 Å². The second kappa shape index (κ2) is 16.0. The van der Waals surface area contributed by atoms with Crippen LogP contribution in [0.5, 0.6) is 0 Å². The molecule has 4 heavy (non-hydrogen) atoms. The summed E-state index contributed by atoms with van der Waals surface area (Å²) in [6.07, 6.45) is 0. The van der Waals surface area contributed by atoms with E-state index in [1.807, 2.05) is 0 Å². The summed E-state index contributed by atoms with van der Waals surface area (Å²) in [6, 6.07) is 0. The van der Waals surface area contributed by atoms with E-state index in [-0.39, 0.29) is 117 Å². The predicted octanol–water partition coefficient (Wildman–Crippen LogP) is -2.77. The Kier molecular flexibility index (Phi) is 103. The fourth-order valence-corrected chi connectivity index (χ4v) is 0. The van der Waals surface area contributed by atoms with Crippen LogP contribution in [0.2, 0.25) is 0 Å². The van der Waals surface area contributed by atoms with E-state index in [4.69, 9.17) is 0 Å². The van der Waals surface area contributed by atoms with Crippen molar-refractivity contribution in [3.05, 3.63) is 0 Å². The van der Waals surface area contributed by atoms with Gasteiger partial charge >= 0.3 is 0 Å². The topological polar surface area (TPSA) is 31.5 Å². The van der Waals surface area contributed by atoms with E-state index >= 15 is 0 Å². The first kappa shape index (κ1) is 25.7. The normalized spacial score (nSPS) is 0. The minimum atomic E-state index is 0. The van der Waals surface area contributed by atoms with Crippen molar-refractivity contribution in [2.75, 3.05) is 0 Å². The molecule has 0 saturated heterocycles. The molecule has 0 spiro atoms. The monoisotopic (exact) mass is 274 g/mol. The van der Waals surface area contributed by atoms with Gasteiger partial charge in [-0.2, -0.15) is 0 Å². The van der Waals surface area contributed by atoms with Crippen LogP contribution in [-0.4, -0.2) is 117 Å². The molecule has 0 atom stereocenters. The quantitative estimate of drug-likeness (QED) is 0.428. The van der Waals surface area contributed by atoms with Crippen molar-refractivity contribution < 1.29 is 5.48 Å². The van der Waals surface area contributed by atoms with Crippen LogP contribution in [0.4, 0.5) is 0 Å². The molecule has 4 heteroatoms. The molecule has 0 aromatic rings. The summed E-state index contributed by atoms with van der Waals surface area (Å²) in [5, 5.41) is 0. The number of hydrogen-bond donors (Lipinski definition) is 0. The standard InChI is InChI=1S/Al.Ba.H2O.Sr.3H/h;;1H2;;;;. The van der Waals surface area contributed by atoms with Gasteiger partial charge in [-0.25, -0.2) is 0 Å². The Balaban J connectivity index is 0. The zero-order valence-corrected chi connectivity index (χ0v) is 9.83. The summed E-state index contributed by atoms with van der Waals surface area (Å²) in [7, 11) is 0. The summed E-state index contributed by atoms with van der Waals surface area (Å²) in [6.45, 7) is 0. The predicted molar refractivity (Wildman–Crippen MR) is 25.1 cm³/mol. The average molecular weight is 273 g/mol. The summed E-state index contributed by atoms with van der Waals surface area (Å²) in [4.78, 5) is 0. The molecule has 0 aliphatic carbocycles. The van der Waals surface area contributed by atoms with E-state index in [0.29, 0.717) is 0 Å². The maximum atomic E-state index is 0. The molecule has 1 nitrogen and oxygen atoms in total. The van der Waals surface area contributed by atoms with Crippen LogP contribution in [-0.2, 0) is 0 Å². The van der Waals surface area contributed by atoms with Gasteiger partial charge in [0, 0.05) is 94.4 Å². The Bertz CT molecular complexity index is 8.00. The van der Waals surface area contributed by atoms with Gasteiger partial charge < -0.3 is 5.48 Å². The average Bonchev–Trinajstić information content (AvgIpc) is 0. The summed E-state index contributed by atoms with van der Waals surface area (Å²) in [5.41, 5.74) is 0. The number of rotatable bonds is 0. The minimum absolute atomic E-state index is 0. The molecule has 0 rings (SSSR count). The van der Waals surface area contributed by atoms with Gasteiger partial charge in [0.2, 0.25) is 0 Å².